The van der Waals surface area contributed by atoms with Crippen molar-refractivity contribution in [1.29, 1.82) is 0 Å². The summed E-state index contributed by atoms with van der Waals surface area (Å²) in [6.45, 7) is 0. The largest absolute Gasteiger partial charge is 0.594 e. The molecule has 1 N–H and O–H groups in total. The Labute approximate surface area is 103 Å². The maximum atomic E-state index is 11.1. The van der Waals surface area contributed by atoms with Crippen molar-refractivity contribution in [2.45, 2.75) is 0 Å². The van der Waals surface area contributed by atoms with Gasteiger partial charge in [-0.3, -0.25) is 5.10 Å². The molecule has 3 aromatic rings. The van der Waals surface area contributed by atoms with Crippen molar-refractivity contribution < 1.29 is 4.85 Å². The highest BCUT2D eigenvalue weighted by Crippen LogP contribution is 2.22. The molecule has 0 atom stereocenters. The van der Waals surface area contributed by atoms with Crippen LogP contribution in [-0.4, -0.2) is 20.3 Å². The molecule has 1 aromatic carbocycles. The molecule has 88 valence electrons. The number of benzene rings is 1. The summed E-state index contributed by atoms with van der Waals surface area (Å²) >= 11 is 0. The Morgan fingerprint density at radius 3 is 2.83 bits per heavy atom. The van der Waals surface area contributed by atoms with Crippen molar-refractivity contribution in [2.75, 3.05) is 0 Å². The first kappa shape index (κ1) is 10.4. The van der Waals surface area contributed by atoms with Crippen LogP contribution in [0.4, 0.5) is 0 Å². The zero-order valence-electron chi connectivity index (χ0n) is 9.32. The molecule has 0 saturated carbocycles. The number of rotatable bonds is 2. The predicted octanol–water partition coefficient (Wildman–Crippen LogP) is 1.17. The monoisotopic (exact) mass is 239 g/mol. The molecule has 6 nitrogen and oxygen atoms in total. The van der Waals surface area contributed by atoms with Gasteiger partial charge >= 0.3 is 0 Å². The summed E-state index contributed by atoms with van der Waals surface area (Å²) in [6, 6.07) is 7.63. The summed E-state index contributed by atoms with van der Waals surface area (Å²) in [7, 11) is 0. The first-order valence-corrected chi connectivity index (χ1v) is 5.35. The molecule has 18 heavy (non-hydrogen) atoms. The Kier molecular flexibility index (Phi) is 2.45. The van der Waals surface area contributed by atoms with Crippen molar-refractivity contribution in [3.8, 4) is 22.5 Å². The molecule has 2 aromatic heterocycles. The van der Waals surface area contributed by atoms with E-state index in [1.807, 2.05) is 24.3 Å². The SMILES string of the molecule is [O-][n+]1ccnc(-c2cccc(-c3cn[nH]c3)c2)n1. The molecule has 2 heterocycles. The summed E-state index contributed by atoms with van der Waals surface area (Å²) in [5, 5.41) is 21.6. The summed E-state index contributed by atoms with van der Waals surface area (Å²) in [6.07, 6.45) is 6.22. The van der Waals surface area contributed by atoms with E-state index in [4.69, 9.17) is 0 Å². The van der Waals surface area contributed by atoms with Gasteiger partial charge in [-0.25, -0.2) is 4.98 Å². The van der Waals surface area contributed by atoms with Crippen LogP contribution in [0.5, 0.6) is 0 Å². The molecule has 6 heteroatoms. The van der Waals surface area contributed by atoms with Crippen LogP contribution in [0.2, 0.25) is 0 Å². The van der Waals surface area contributed by atoms with Gasteiger partial charge in [0.1, 0.15) is 0 Å². The molecular formula is C12H9N5O. The summed E-state index contributed by atoms with van der Waals surface area (Å²) in [4.78, 5) is 4.57. The number of hydrogen-bond acceptors (Lipinski definition) is 4. The lowest BCUT2D eigenvalue weighted by atomic mass is 10.1. The lowest BCUT2D eigenvalue weighted by molar-refractivity contribution is -0.668. The summed E-state index contributed by atoms with van der Waals surface area (Å²) in [5.74, 6) is 0.401. The zero-order chi connectivity index (χ0) is 12.4. The standard InChI is InChI=1S/C12H9N5O/c18-17-5-4-13-12(16-17)10-3-1-2-9(6-10)11-7-14-15-8-11/h1-8H,(H,14,15). The lowest BCUT2D eigenvalue weighted by Crippen LogP contribution is -2.30. The predicted molar refractivity (Wildman–Crippen MR) is 64.0 cm³/mol. The molecule has 0 bridgehead atoms. The van der Waals surface area contributed by atoms with Crippen LogP contribution in [0, 0.1) is 5.21 Å². The van der Waals surface area contributed by atoms with E-state index in [9.17, 15) is 5.21 Å². The van der Waals surface area contributed by atoms with Gasteiger partial charge in [0.15, 0.2) is 0 Å². The van der Waals surface area contributed by atoms with Gasteiger partial charge in [-0.1, -0.05) is 23.0 Å². The van der Waals surface area contributed by atoms with Crippen LogP contribution in [-0.2, 0) is 0 Å². The van der Waals surface area contributed by atoms with Crippen LogP contribution in [0.1, 0.15) is 0 Å². The van der Waals surface area contributed by atoms with Gasteiger partial charge in [-0.05, 0) is 11.6 Å². The third-order valence-corrected chi connectivity index (χ3v) is 2.54. The number of nitrogens with zero attached hydrogens (tertiary/aromatic N) is 4. The summed E-state index contributed by atoms with van der Waals surface area (Å²) in [5.41, 5.74) is 2.76. The Balaban J connectivity index is 2.06. The van der Waals surface area contributed by atoms with E-state index in [-0.39, 0.29) is 0 Å². The fraction of sp³-hybridized carbons (Fsp3) is 0. The quantitative estimate of drug-likeness (QED) is 0.537. The topological polar surface area (TPSA) is 81.4 Å². The number of H-pyrrole nitrogens is 1. The van der Waals surface area contributed by atoms with Crippen LogP contribution >= 0.6 is 0 Å². The Morgan fingerprint density at radius 2 is 2.06 bits per heavy atom. The van der Waals surface area contributed by atoms with Gasteiger partial charge in [0, 0.05) is 22.4 Å². The van der Waals surface area contributed by atoms with E-state index < -0.39 is 0 Å². The third kappa shape index (κ3) is 1.91. The fourth-order valence-corrected chi connectivity index (χ4v) is 1.69. The molecule has 0 saturated heterocycles. The van der Waals surface area contributed by atoms with E-state index in [0.29, 0.717) is 10.7 Å². The van der Waals surface area contributed by atoms with Crippen molar-refractivity contribution in [3.63, 3.8) is 0 Å². The smallest absolute Gasteiger partial charge is 0.228 e. The highest BCUT2D eigenvalue weighted by molar-refractivity contribution is 5.68. The maximum Gasteiger partial charge on any atom is 0.228 e. The molecule has 0 amide bonds. The van der Waals surface area contributed by atoms with Crippen LogP contribution in [0.3, 0.4) is 0 Å². The van der Waals surface area contributed by atoms with Gasteiger partial charge < -0.3 is 5.21 Å². The lowest BCUT2D eigenvalue weighted by Gasteiger charge is -2.01. The molecule has 0 aliphatic carbocycles. The summed E-state index contributed by atoms with van der Waals surface area (Å²) < 4.78 is 0. The molecule has 0 radical (unpaired) electrons. The second kappa shape index (κ2) is 4.25. The van der Waals surface area contributed by atoms with E-state index in [2.05, 4.69) is 20.3 Å². The second-order valence-corrected chi connectivity index (χ2v) is 3.72. The molecule has 3 rings (SSSR count). The first-order valence-electron chi connectivity index (χ1n) is 5.35. The van der Waals surface area contributed by atoms with Crippen molar-refractivity contribution >= 4 is 0 Å². The van der Waals surface area contributed by atoms with Crippen LogP contribution in [0.25, 0.3) is 22.5 Å². The Hall–Kier alpha value is -2.76. The molecule has 0 unspecified atom stereocenters. The number of nitrogens with one attached hydrogen (secondary N) is 1. The van der Waals surface area contributed by atoms with Crippen molar-refractivity contribution in [2.24, 2.45) is 0 Å². The highest BCUT2D eigenvalue weighted by atomic mass is 16.5. The highest BCUT2D eigenvalue weighted by Gasteiger charge is 2.07. The second-order valence-electron chi connectivity index (χ2n) is 3.72. The number of aromatic amines is 1. The Morgan fingerprint density at radius 1 is 1.17 bits per heavy atom. The number of aromatic nitrogens is 5. The molecule has 0 aliphatic heterocycles. The fourth-order valence-electron chi connectivity index (χ4n) is 1.69. The molecular weight excluding hydrogens is 230 g/mol. The maximum absolute atomic E-state index is 11.1. The average Bonchev–Trinajstić information content (AvgIpc) is 2.93. The van der Waals surface area contributed by atoms with Crippen LogP contribution < -0.4 is 4.85 Å². The third-order valence-electron chi connectivity index (χ3n) is 2.54. The van der Waals surface area contributed by atoms with E-state index in [0.717, 1.165) is 16.7 Å². The van der Waals surface area contributed by atoms with E-state index in [1.54, 1.807) is 12.4 Å². The average molecular weight is 239 g/mol. The van der Waals surface area contributed by atoms with Crippen molar-refractivity contribution in [3.05, 3.63) is 54.3 Å². The minimum absolute atomic E-state index is 0.401. The van der Waals surface area contributed by atoms with Crippen LogP contribution in [0.15, 0.2) is 49.1 Å². The van der Waals surface area contributed by atoms with Gasteiger partial charge in [0.2, 0.25) is 12.0 Å². The first-order chi connectivity index (χ1) is 8.83. The Bertz CT molecular complexity index is 666. The van der Waals surface area contributed by atoms with Gasteiger partial charge in [0.25, 0.3) is 0 Å². The normalized spacial score (nSPS) is 10.4. The minimum atomic E-state index is 0.401. The molecule has 0 fully saturated rings. The van der Waals surface area contributed by atoms with Gasteiger partial charge in [-0.15, -0.1) is 0 Å². The van der Waals surface area contributed by atoms with E-state index in [1.165, 1.54) is 12.4 Å². The van der Waals surface area contributed by atoms with Gasteiger partial charge in [0.05, 0.1) is 12.4 Å². The molecule has 0 aliphatic rings. The number of hydrogen-bond donors (Lipinski definition) is 1. The van der Waals surface area contributed by atoms with E-state index >= 15 is 0 Å². The molecule has 0 spiro atoms. The van der Waals surface area contributed by atoms with Crippen molar-refractivity contribution in [1.82, 2.24) is 20.3 Å². The zero-order valence-corrected chi connectivity index (χ0v) is 9.32. The van der Waals surface area contributed by atoms with Gasteiger partial charge in [-0.2, -0.15) is 5.10 Å². The minimum Gasteiger partial charge on any atom is -0.594 e.